The van der Waals surface area contributed by atoms with Crippen molar-refractivity contribution in [3.63, 3.8) is 0 Å². The van der Waals surface area contributed by atoms with Crippen LogP contribution in [0, 0.1) is 0 Å². The quantitative estimate of drug-likeness (QED) is 0.544. The molecule has 1 rings (SSSR count). The molecule has 0 aromatic carbocycles. The highest BCUT2D eigenvalue weighted by molar-refractivity contribution is 9.11. The lowest BCUT2D eigenvalue weighted by Crippen LogP contribution is -2.24. The number of ether oxygens (including phenoxy) is 1. The van der Waals surface area contributed by atoms with Crippen LogP contribution in [0.25, 0.3) is 0 Å². The van der Waals surface area contributed by atoms with Gasteiger partial charge < -0.3 is 10.2 Å². The van der Waals surface area contributed by atoms with Gasteiger partial charge in [0, 0.05) is 0 Å². The molecule has 4 heteroatoms. The molecule has 62 valence electrons. The summed E-state index contributed by atoms with van der Waals surface area (Å²) in [6.07, 6.45) is 3.97. The van der Waals surface area contributed by atoms with Crippen molar-refractivity contribution in [1.82, 2.24) is 5.43 Å². The summed E-state index contributed by atoms with van der Waals surface area (Å²) >= 11 is 3.38. The zero-order valence-electron chi connectivity index (χ0n) is 6.36. The van der Waals surface area contributed by atoms with Crippen LogP contribution in [0.4, 0.5) is 0 Å². The van der Waals surface area contributed by atoms with Gasteiger partial charge in [0.25, 0.3) is 0 Å². The molecule has 11 heavy (non-hydrogen) atoms. The summed E-state index contributed by atoms with van der Waals surface area (Å²) in [5.74, 6) is 6.10. The monoisotopic (exact) mass is 218 g/mol. The van der Waals surface area contributed by atoms with E-state index in [2.05, 4.69) is 27.4 Å². The predicted molar refractivity (Wildman–Crippen MR) is 47.6 cm³/mol. The molecule has 0 saturated carbocycles. The highest BCUT2D eigenvalue weighted by atomic mass is 79.9. The Kier molecular flexibility index (Phi) is 2.96. The lowest BCUT2D eigenvalue weighted by molar-refractivity contribution is 0.294. The average molecular weight is 219 g/mol. The number of nitrogens with two attached hydrogens (primary N) is 1. The first-order chi connectivity index (χ1) is 5.29. The van der Waals surface area contributed by atoms with E-state index in [9.17, 15) is 0 Å². The first-order valence-corrected chi connectivity index (χ1v) is 4.18. The third-order valence-corrected chi connectivity index (χ3v) is 2.27. The van der Waals surface area contributed by atoms with Gasteiger partial charge in [0.2, 0.25) is 0 Å². The lowest BCUT2D eigenvalue weighted by atomic mass is 10.1. The summed E-state index contributed by atoms with van der Waals surface area (Å²) in [6.45, 7) is 0. The molecular formula is C7H11BrN2O. The van der Waals surface area contributed by atoms with Crippen molar-refractivity contribution in [2.45, 2.75) is 12.8 Å². The summed E-state index contributed by atoms with van der Waals surface area (Å²) in [5, 5.41) is 0. The smallest absolute Gasteiger partial charge is 0.152 e. The number of hydrogen-bond acceptors (Lipinski definition) is 3. The van der Waals surface area contributed by atoms with Gasteiger partial charge in [-0.1, -0.05) is 6.08 Å². The normalized spacial score (nSPS) is 17.9. The van der Waals surface area contributed by atoms with E-state index in [4.69, 9.17) is 10.6 Å². The Morgan fingerprint density at radius 3 is 2.91 bits per heavy atom. The molecule has 1 aliphatic rings. The third kappa shape index (κ3) is 1.75. The topological polar surface area (TPSA) is 47.3 Å². The largest absolute Gasteiger partial charge is 0.494 e. The Balaban J connectivity index is 2.88. The molecule has 0 aromatic heterocycles. The van der Waals surface area contributed by atoms with Gasteiger partial charge in [-0.3, -0.25) is 5.84 Å². The maximum absolute atomic E-state index is 5.30. The van der Waals surface area contributed by atoms with Crippen molar-refractivity contribution in [3.05, 3.63) is 22.0 Å². The zero-order valence-corrected chi connectivity index (χ0v) is 7.94. The molecule has 0 amide bonds. The van der Waals surface area contributed by atoms with Crippen LogP contribution < -0.4 is 11.3 Å². The van der Waals surface area contributed by atoms with Gasteiger partial charge in [0.1, 0.15) is 0 Å². The SMILES string of the molecule is COC1=C(NN)CCC=C1Br. The fourth-order valence-electron chi connectivity index (χ4n) is 1.05. The molecule has 0 fully saturated rings. The molecule has 0 unspecified atom stereocenters. The van der Waals surface area contributed by atoms with Crippen LogP contribution in [-0.2, 0) is 4.74 Å². The summed E-state index contributed by atoms with van der Waals surface area (Å²) in [5.41, 5.74) is 3.57. The van der Waals surface area contributed by atoms with Gasteiger partial charge in [-0.15, -0.1) is 0 Å². The molecule has 0 atom stereocenters. The molecule has 0 heterocycles. The first kappa shape index (κ1) is 8.62. The number of halogens is 1. The standard InChI is InChI=1S/C7H11BrN2O/c1-11-7-5(8)3-2-4-6(7)10-9/h3,10H,2,4,9H2,1H3. The van der Waals surface area contributed by atoms with Crippen LogP contribution >= 0.6 is 15.9 Å². The number of methoxy groups -OCH3 is 1. The van der Waals surface area contributed by atoms with Crippen LogP contribution in [0.3, 0.4) is 0 Å². The molecule has 3 nitrogen and oxygen atoms in total. The minimum absolute atomic E-state index is 0.804. The van der Waals surface area contributed by atoms with E-state index in [1.54, 1.807) is 7.11 Å². The van der Waals surface area contributed by atoms with Crippen molar-refractivity contribution in [2.75, 3.05) is 7.11 Å². The maximum atomic E-state index is 5.30. The first-order valence-electron chi connectivity index (χ1n) is 3.39. The zero-order chi connectivity index (χ0) is 8.27. The maximum Gasteiger partial charge on any atom is 0.152 e. The molecule has 0 saturated heterocycles. The highest BCUT2D eigenvalue weighted by Crippen LogP contribution is 2.27. The van der Waals surface area contributed by atoms with Gasteiger partial charge in [-0.25, -0.2) is 0 Å². The van der Waals surface area contributed by atoms with Gasteiger partial charge in [-0.2, -0.15) is 0 Å². The number of nitrogens with one attached hydrogen (secondary N) is 1. The predicted octanol–water partition coefficient (Wildman–Crippen LogP) is 1.38. The van der Waals surface area contributed by atoms with Crippen LogP contribution in [0.2, 0.25) is 0 Å². The Morgan fingerprint density at radius 2 is 2.45 bits per heavy atom. The Morgan fingerprint density at radius 1 is 1.73 bits per heavy atom. The van der Waals surface area contributed by atoms with E-state index in [-0.39, 0.29) is 0 Å². The van der Waals surface area contributed by atoms with E-state index in [0.717, 1.165) is 28.8 Å². The number of rotatable bonds is 2. The van der Waals surface area contributed by atoms with Crippen molar-refractivity contribution in [1.29, 1.82) is 0 Å². The number of allylic oxidation sites excluding steroid dienone is 3. The molecular weight excluding hydrogens is 208 g/mol. The van der Waals surface area contributed by atoms with Gasteiger partial charge >= 0.3 is 0 Å². The van der Waals surface area contributed by atoms with E-state index in [0.29, 0.717) is 0 Å². The molecule has 1 aliphatic carbocycles. The number of hydrogen-bond donors (Lipinski definition) is 2. The minimum Gasteiger partial charge on any atom is -0.494 e. The molecule has 0 aliphatic heterocycles. The van der Waals surface area contributed by atoms with E-state index in [1.165, 1.54) is 0 Å². The van der Waals surface area contributed by atoms with Crippen molar-refractivity contribution in [3.8, 4) is 0 Å². The summed E-state index contributed by atoms with van der Waals surface area (Å²) in [4.78, 5) is 0. The number of hydrazine groups is 1. The minimum atomic E-state index is 0.804. The molecule has 0 aromatic rings. The second kappa shape index (κ2) is 3.78. The Bertz CT molecular complexity index is 210. The van der Waals surface area contributed by atoms with E-state index < -0.39 is 0 Å². The van der Waals surface area contributed by atoms with Crippen LogP contribution in [0.5, 0.6) is 0 Å². The molecule has 0 spiro atoms. The second-order valence-electron chi connectivity index (χ2n) is 2.25. The average Bonchev–Trinajstić information content (AvgIpc) is 2.04. The fraction of sp³-hybridized carbons (Fsp3) is 0.429. The summed E-state index contributed by atoms with van der Waals surface area (Å²) in [7, 11) is 1.63. The van der Waals surface area contributed by atoms with Crippen LogP contribution in [-0.4, -0.2) is 7.11 Å². The van der Waals surface area contributed by atoms with Gasteiger partial charge in [0.15, 0.2) is 5.76 Å². The molecule has 3 N–H and O–H groups in total. The Labute approximate surface area is 74.4 Å². The van der Waals surface area contributed by atoms with Crippen LogP contribution in [0.15, 0.2) is 22.0 Å². The van der Waals surface area contributed by atoms with Crippen molar-refractivity contribution >= 4 is 15.9 Å². The summed E-state index contributed by atoms with van der Waals surface area (Å²) < 4.78 is 6.10. The van der Waals surface area contributed by atoms with E-state index in [1.807, 2.05) is 0 Å². The molecule has 0 bridgehead atoms. The Hall–Kier alpha value is -0.480. The van der Waals surface area contributed by atoms with Gasteiger partial charge in [-0.05, 0) is 28.8 Å². The fourth-order valence-corrected chi connectivity index (χ4v) is 1.68. The van der Waals surface area contributed by atoms with Gasteiger partial charge in [0.05, 0.1) is 17.3 Å². The lowest BCUT2D eigenvalue weighted by Gasteiger charge is -2.16. The molecule has 0 radical (unpaired) electrons. The highest BCUT2D eigenvalue weighted by Gasteiger charge is 2.13. The van der Waals surface area contributed by atoms with Crippen molar-refractivity contribution < 1.29 is 4.74 Å². The third-order valence-electron chi connectivity index (χ3n) is 1.59. The van der Waals surface area contributed by atoms with Crippen LogP contribution in [0.1, 0.15) is 12.8 Å². The second-order valence-corrected chi connectivity index (χ2v) is 3.10. The summed E-state index contributed by atoms with van der Waals surface area (Å²) in [6, 6.07) is 0. The van der Waals surface area contributed by atoms with E-state index >= 15 is 0 Å². The van der Waals surface area contributed by atoms with Crippen molar-refractivity contribution in [2.24, 2.45) is 5.84 Å².